The van der Waals surface area contributed by atoms with Crippen molar-refractivity contribution in [2.45, 2.75) is 78.1 Å². The number of benzene rings is 2. The van der Waals surface area contributed by atoms with E-state index in [0.29, 0.717) is 26.1 Å². The molecule has 40 heavy (non-hydrogen) atoms. The lowest BCUT2D eigenvalue weighted by atomic mass is 10.1. The second kappa shape index (κ2) is 20.2. The lowest BCUT2D eigenvalue weighted by Crippen LogP contribution is -2.17. The Hall–Kier alpha value is -2.72. The molecule has 0 saturated carbocycles. The molecule has 0 aliphatic rings. The maximum Gasteiger partial charge on any atom is 0.240 e. The van der Waals surface area contributed by atoms with Gasteiger partial charge >= 0.3 is 0 Å². The highest BCUT2D eigenvalue weighted by Gasteiger charge is 2.05. The van der Waals surface area contributed by atoms with Crippen molar-refractivity contribution >= 4 is 56.1 Å². The minimum absolute atomic E-state index is 0.105. The van der Waals surface area contributed by atoms with E-state index >= 15 is 0 Å². The molecule has 0 aliphatic heterocycles. The van der Waals surface area contributed by atoms with Crippen molar-refractivity contribution in [2.75, 3.05) is 13.2 Å². The second-order valence-corrected chi connectivity index (χ2v) is 11.1. The lowest BCUT2D eigenvalue weighted by molar-refractivity contribution is -0.122. The summed E-state index contributed by atoms with van der Waals surface area (Å²) in [5, 5.41) is 8.17. The fourth-order valence-corrected chi connectivity index (χ4v) is 4.42. The molecule has 2 rings (SSSR count). The number of halogens is 2. The Morgan fingerprint density at radius 1 is 0.700 bits per heavy atom. The van der Waals surface area contributed by atoms with Crippen LogP contribution in [-0.2, 0) is 9.59 Å². The molecule has 0 radical (unpaired) electrons. The summed E-state index contributed by atoms with van der Waals surface area (Å²) in [6.45, 7) is 5.35. The summed E-state index contributed by atoms with van der Waals surface area (Å²) in [5.41, 5.74) is 6.80. The lowest BCUT2D eigenvalue weighted by Gasteiger charge is -2.08. The van der Waals surface area contributed by atoms with Crippen molar-refractivity contribution < 1.29 is 19.1 Å². The smallest absolute Gasteiger partial charge is 0.240 e. The second-order valence-electron chi connectivity index (χ2n) is 9.27. The van der Waals surface area contributed by atoms with Gasteiger partial charge in [0.25, 0.3) is 0 Å². The zero-order valence-corrected chi connectivity index (χ0v) is 26.6. The average molecular weight is 680 g/mol. The van der Waals surface area contributed by atoms with Gasteiger partial charge in [-0.05, 0) is 62.1 Å². The molecule has 10 heteroatoms. The molecule has 218 valence electrons. The average Bonchev–Trinajstić information content (AvgIpc) is 2.93. The number of carbonyl (C=O) groups is 2. The summed E-state index contributed by atoms with van der Waals surface area (Å²) in [7, 11) is 0. The van der Waals surface area contributed by atoms with Crippen molar-refractivity contribution in [1.82, 2.24) is 10.9 Å². The minimum Gasteiger partial charge on any atom is -0.493 e. The number of hydrogen-bond acceptors (Lipinski definition) is 6. The molecule has 0 atom stereocenters. The van der Waals surface area contributed by atoms with Crippen LogP contribution in [0.4, 0.5) is 0 Å². The highest BCUT2D eigenvalue weighted by Crippen LogP contribution is 2.23. The Balaban J connectivity index is 1.55. The fraction of sp³-hybridized carbons (Fsp3) is 0.467. The topological polar surface area (TPSA) is 101 Å². The molecule has 8 nitrogen and oxygen atoms in total. The van der Waals surface area contributed by atoms with E-state index in [2.05, 4.69) is 66.8 Å². The minimum atomic E-state index is -0.105. The summed E-state index contributed by atoms with van der Waals surface area (Å²) in [5.74, 6) is 1.26. The molecule has 2 aromatic carbocycles. The Bertz CT molecular complexity index is 1040. The zero-order chi connectivity index (χ0) is 29.0. The first-order valence-corrected chi connectivity index (χ1v) is 15.5. The van der Waals surface area contributed by atoms with Crippen LogP contribution >= 0.6 is 31.9 Å². The fourth-order valence-electron chi connectivity index (χ4n) is 3.66. The monoisotopic (exact) mass is 678 g/mol. The van der Waals surface area contributed by atoms with Gasteiger partial charge in [-0.1, -0.05) is 71.4 Å². The van der Waals surface area contributed by atoms with Crippen LogP contribution < -0.4 is 20.3 Å². The third kappa shape index (κ3) is 14.1. The van der Waals surface area contributed by atoms with E-state index in [-0.39, 0.29) is 11.8 Å². The largest absolute Gasteiger partial charge is 0.493 e. The number of rotatable bonds is 19. The maximum atomic E-state index is 12.1. The molecule has 0 heterocycles. The zero-order valence-electron chi connectivity index (χ0n) is 23.4. The Morgan fingerprint density at radius 3 is 1.50 bits per heavy atom. The molecule has 0 unspecified atom stereocenters. The van der Waals surface area contributed by atoms with Crippen molar-refractivity contribution in [3.63, 3.8) is 0 Å². The van der Waals surface area contributed by atoms with Crippen LogP contribution in [0.15, 0.2) is 55.5 Å². The molecule has 2 amide bonds. The molecule has 2 aromatic rings. The van der Waals surface area contributed by atoms with Crippen LogP contribution in [0.3, 0.4) is 0 Å². The maximum absolute atomic E-state index is 12.1. The number of nitrogens with zero attached hydrogens (tertiary/aromatic N) is 2. The van der Waals surface area contributed by atoms with Crippen LogP contribution in [-0.4, -0.2) is 37.5 Å². The van der Waals surface area contributed by atoms with Gasteiger partial charge in [0, 0.05) is 32.9 Å². The summed E-state index contributed by atoms with van der Waals surface area (Å²) >= 11 is 6.90. The first kappa shape index (κ1) is 33.5. The predicted molar refractivity (Wildman–Crippen MR) is 168 cm³/mol. The highest BCUT2D eigenvalue weighted by molar-refractivity contribution is 9.10. The molecule has 2 N–H and O–H groups in total. The van der Waals surface area contributed by atoms with Crippen molar-refractivity contribution in [3.8, 4) is 11.5 Å². The van der Waals surface area contributed by atoms with Gasteiger partial charge in [-0.3, -0.25) is 9.59 Å². The highest BCUT2D eigenvalue weighted by atomic mass is 79.9. The summed E-state index contributed by atoms with van der Waals surface area (Å²) in [6.07, 6.45) is 11.5. The van der Waals surface area contributed by atoms with Gasteiger partial charge in [0.05, 0.1) is 25.6 Å². The van der Waals surface area contributed by atoms with Gasteiger partial charge in [-0.25, -0.2) is 10.9 Å². The van der Waals surface area contributed by atoms with Crippen molar-refractivity contribution in [1.29, 1.82) is 0 Å². The van der Waals surface area contributed by atoms with E-state index in [1.807, 2.05) is 36.4 Å². The predicted octanol–water partition coefficient (Wildman–Crippen LogP) is 7.51. The molecular weight excluding hydrogens is 640 g/mol. The normalized spacial score (nSPS) is 11.2. The Labute approximate surface area is 254 Å². The van der Waals surface area contributed by atoms with E-state index in [9.17, 15) is 9.59 Å². The first-order chi connectivity index (χ1) is 19.4. The number of amides is 2. The number of nitrogens with one attached hydrogen (secondary N) is 2. The first-order valence-electron chi connectivity index (χ1n) is 13.9. The van der Waals surface area contributed by atoms with Crippen molar-refractivity contribution in [2.24, 2.45) is 10.2 Å². The van der Waals surface area contributed by atoms with Gasteiger partial charge in [0.1, 0.15) is 11.5 Å². The molecule has 0 spiro atoms. The number of carbonyl (C=O) groups excluding carboxylic acids is 2. The van der Waals surface area contributed by atoms with E-state index in [0.717, 1.165) is 82.9 Å². The quantitative estimate of drug-likeness (QED) is 0.0912. The third-order valence-corrected chi connectivity index (χ3v) is 6.70. The van der Waals surface area contributed by atoms with Crippen molar-refractivity contribution in [3.05, 3.63) is 56.5 Å². The molecule has 0 aromatic heterocycles. The Kier molecular flexibility index (Phi) is 16.9. The molecule has 0 aliphatic carbocycles. The summed E-state index contributed by atoms with van der Waals surface area (Å²) < 4.78 is 13.3. The van der Waals surface area contributed by atoms with E-state index in [4.69, 9.17) is 9.47 Å². The molecular formula is C30H40Br2N4O4. The standard InChI is InChI=1S/C30H40Br2N4O4/c1-3-17-39-27-15-13-25(31)19-23(27)21-33-35-29(37)11-9-7-5-6-8-10-12-30(38)36-34-22-24-20-26(32)14-16-28(24)40-18-4-2/h13-16,19-22H,3-12,17-18H2,1-2H3,(H,35,37)(H,36,38)/b33-21+,34-22+. The number of unbranched alkanes of at least 4 members (excludes halogenated alkanes) is 5. The van der Waals surface area contributed by atoms with Gasteiger partial charge in [0.15, 0.2) is 0 Å². The summed E-state index contributed by atoms with van der Waals surface area (Å²) in [6, 6.07) is 11.4. The van der Waals surface area contributed by atoms with Gasteiger partial charge < -0.3 is 9.47 Å². The van der Waals surface area contributed by atoms with Gasteiger partial charge in [-0.2, -0.15) is 10.2 Å². The van der Waals surface area contributed by atoms with Crippen LogP contribution in [0, 0.1) is 0 Å². The number of ether oxygens (including phenoxy) is 2. The Morgan fingerprint density at radius 2 is 1.10 bits per heavy atom. The van der Waals surface area contributed by atoms with Crippen LogP contribution in [0.1, 0.15) is 89.2 Å². The SMILES string of the molecule is CCCOc1ccc(Br)cc1/C=N/NC(=O)CCCCCCCCC(=O)N/N=C/c1cc(Br)ccc1OCCC. The summed E-state index contributed by atoms with van der Waals surface area (Å²) in [4.78, 5) is 24.2. The molecule has 0 bridgehead atoms. The van der Waals surface area contributed by atoms with Crippen LogP contribution in [0.2, 0.25) is 0 Å². The molecule has 0 fully saturated rings. The van der Waals surface area contributed by atoms with E-state index in [1.54, 1.807) is 12.4 Å². The van der Waals surface area contributed by atoms with Gasteiger partial charge in [-0.15, -0.1) is 0 Å². The van der Waals surface area contributed by atoms with Gasteiger partial charge in [0.2, 0.25) is 11.8 Å². The van der Waals surface area contributed by atoms with E-state index in [1.165, 1.54) is 0 Å². The molecule has 0 saturated heterocycles. The van der Waals surface area contributed by atoms with Crippen LogP contribution in [0.25, 0.3) is 0 Å². The van der Waals surface area contributed by atoms with E-state index < -0.39 is 0 Å². The third-order valence-electron chi connectivity index (χ3n) is 5.71. The van der Waals surface area contributed by atoms with Crippen LogP contribution in [0.5, 0.6) is 11.5 Å². The number of hydrogen-bond donors (Lipinski definition) is 2. The number of hydrazone groups is 2.